The average Bonchev–Trinajstić information content (AvgIpc) is 3.18. The van der Waals surface area contributed by atoms with E-state index in [1.807, 2.05) is 6.92 Å². The first-order valence-corrected chi connectivity index (χ1v) is 10.4. The lowest BCUT2D eigenvalue weighted by Crippen LogP contribution is -2.63. The van der Waals surface area contributed by atoms with Gasteiger partial charge in [-0.05, 0) is 19.8 Å². The Morgan fingerprint density at radius 1 is 1.43 bits per heavy atom. The van der Waals surface area contributed by atoms with Crippen molar-refractivity contribution in [2.24, 2.45) is 11.8 Å². The summed E-state index contributed by atoms with van der Waals surface area (Å²) in [5.74, 6) is -2.36. The fourth-order valence-corrected chi connectivity index (χ4v) is 5.74. The Morgan fingerprint density at radius 2 is 2.14 bits per heavy atom. The van der Waals surface area contributed by atoms with Gasteiger partial charge in [-0.15, -0.1) is 11.8 Å². The van der Waals surface area contributed by atoms with Gasteiger partial charge in [-0.2, -0.15) is 0 Å². The topological polar surface area (TPSA) is 139 Å². The molecule has 0 bridgehead atoms. The fraction of sp³-hybridized carbons (Fsp3) is 0.722. The molecule has 156 valence electrons. The number of aliphatic hydroxyl groups excluding tert-OH is 2. The number of carboxylic acids is 1. The first-order chi connectivity index (χ1) is 13.3. The quantitative estimate of drug-likeness (QED) is 0.255. The summed E-state index contributed by atoms with van der Waals surface area (Å²) in [6, 6.07) is -0.682. The molecule has 0 aliphatic carbocycles. The van der Waals surface area contributed by atoms with E-state index in [1.54, 1.807) is 6.92 Å². The Bertz CT molecular complexity index is 697. The second kappa shape index (κ2) is 8.40. The molecular weight excluding hydrogens is 386 g/mol. The van der Waals surface area contributed by atoms with Crippen molar-refractivity contribution in [1.29, 1.82) is 0 Å². The molecule has 2 saturated heterocycles. The zero-order valence-electron chi connectivity index (χ0n) is 15.9. The van der Waals surface area contributed by atoms with Gasteiger partial charge in [0.1, 0.15) is 5.70 Å². The van der Waals surface area contributed by atoms with E-state index in [0.717, 1.165) is 0 Å². The van der Waals surface area contributed by atoms with E-state index in [4.69, 9.17) is 5.11 Å². The third-order valence-corrected chi connectivity index (χ3v) is 7.16. The molecule has 3 rings (SSSR count). The summed E-state index contributed by atoms with van der Waals surface area (Å²) in [6.45, 7) is 4.43. The SMILES string of the molecule is C[C@@H](O)[C@H]1C(=O)N2C(C(=O)O)=C(S[C@@H]3CN[C@H](C(=O)NCCCO)C3)[C@H](C)[C@H]12. The van der Waals surface area contributed by atoms with E-state index in [0.29, 0.717) is 30.8 Å². The van der Waals surface area contributed by atoms with Crippen molar-refractivity contribution in [3.05, 3.63) is 10.6 Å². The molecule has 28 heavy (non-hydrogen) atoms. The molecule has 3 aliphatic rings. The molecule has 0 aromatic rings. The van der Waals surface area contributed by atoms with E-state index < -0.39 is 18.0 Å². The van der Waals surface area contributed by atoms with Crippen LogP contribution in [0.4, 0.5) is 0 Å². The number of carbonyl (C=O) groups excluding carboxylic acids is 2. The number of fused-ring (bicyclic) bond motifs is 1. The van der Waals surface area contributed by atoms with Crippen molar-refractivity contribution < 1.29 is 29.7 Å². The third kappa shape index (κ3) is 3.66. The Morgan fingerprint density at radius 3 is 2.75 bits per heavy atom. The summed E-state index contributed by atoms with van der Waals surface area (Å²) >= 11 is 1.41. The van der Waals surface area contributed by atoms with E-state index in [9.17, 15) is 24.6 Å². The second-order valence-electron chi connectivity index (χ2n) is 7.58. The molecule has 3 aliphatic heterocycles. The second-order valence-corrected chi connectivity index (χ2v) is 8.92. The highest BCUT2D eigenvalue weighted by Crippen LogP contribution is 2.51. The van der Waals surface area contributed by atoms with Gasteiger partial charge in [0, 0.05) is 35.8 Å². The minimum absolute atomic E-state index is 0.0131. The zero-order valence-corrected chi connectivity index (χ0v) is 16.7. The molecule has 2 fully saturated rings. The minimum atomic E-state index is -1.14. The molecule has 0 aromatic heterocycles. The van der Waals surface area contributed by atoms with Gasteiger partial charge in [-0.25, -0.2) is 4.79 Å². The number of aliphatic hydroxyl groups is 2. The van der Waals surface area contributed by atoms with Gasteiger partial charge >= 0.3 is 5.97 Å². The molecule has 0 radical (unpaired) electrons. The van der Waals surface area contributed by atoms with Crippen LogP contribution in [0.1, 0.15) is 26.7 Å². The number of β-lactam (4-membered cyclic amide) rings is 1. The average molecular weight is 413 g/mol. The molecule has 0 unspecified atom stereocenters. The van der Waals surface area contributed by atoms with Crippen LogP contribution < -0.4 is 10.6 Å². The summed E-state index contributed by atoms with van der Waals surface area (Å²) in [6.07, 6.45) is 0.228. The number of hydrogen-bond acceptors (Lipinski definition) is 7. The van der Waals surface area contributed by atoms with Crippen molar-refractivity contribution in [2.45, 2.75) is 50.1 Å². The minimum Gasteiger partial charge on any atom is -0.477 e. The van der Waals surface area contributed by atoms with Gasteiger partial charge < -0.3 is 30.9 Å². The lowest BCUT2D eigenvalue weighted by molar-refractivity contribution is -0.163. The summed E-state index contributed by atoms with van der Waals surface area (Å²) < 4.78 is 0. The van der Waals surface area contributed by atoms with Crippen molar-refractivity contribution in [2.75, 3.05) is 19.7 Å². The standard InChI is InChI=1S/C18H27N3O6S/c1-8-13-12(9(2)23)17(25)21(13)14(18(26)27)15(8)28-10-6-11(20-7-10)16(24)19-4-3-5-22/h8-13,20,22-23H,3-7H2,1-2H3,(H,19,24)(H,26,27)/t8-,9-,10+,11+,12-,13-/m1/s1. The molecular formula is C18H27N3O6S. The van der Waals surface area contributed by atoms with Crippen LogP contribution in [0.3, 0.4) is 0 Å². The Labute approximate surface area is 167 Å². The van der Waals surface area contributed by atoms with Crippen LogP contribution in [0.5, 0.6) is 0 Å². The molecule has 10 heteroatoms. The van der Waals surface area contributed by atoms with Gasteiger partial charge in [-0.1, -0.05) is 6.92 Å². The van der Waals surface area contributed by atoms with Crippen LogP contribution in [0.15, 0.2) is 10.6 Å². The smallest absolute Gasteiger partial charge is 0.353 e. The highest BCUT2D eigenvalue weighted by atomic mass is 32.2. The maximum atomic E-state index is 12.4. The van der Waals surface area contributed by atoms with Gasteiger partial charge in [0.25, 0.3) is 0 Å². The van der Waals surface area contributed by atoms with Crippen LogP contribution in [-0.2, 0) is 14.4 Å². The number of hydrogen-bond donors (Lipinski definition) is 5. The molecule has 2 amide bonds. The molecule has 3 heterocycles. The number of rotatable bonds is 8. The highest BCUT2D eigenvalue weighted by Gasteiger charge is 2.60. The van der Waals surface area contributed by atoms with Gasteiger partial charge in [0.05, 0.1) is 24.1 Å². The van der Waals surface area contributed by atoms with Crippen LogP contribution in [0, 0.1) is 11.8 Å². The summed E-state index contributed by atoms with van der Waals surface area (Å²) in [7, 11) is 0. The van der Waals surface area contributed by atoms with Crippen molar-refractivity contribution in [3.63, 3.8) is 0 Å². The third-order valence-electron chi connectivity index (χ3n) is 5.65. The van der Waals surface area contributed by atoms with E-state index >= 15 is 0 Å². The monoisotopic (exact) mass is 413 g/mol. The molecule has 0 aromatic carbocycles. The maximum Gasteiger partial charge on any atom is 0.353 e. The lowest BCUT2D eigenvalue weighted by atomic mass is 9.79. The highest BCUT2D eigenvalue weighted by molar-refractivity contribution is 8.03. The first kappa shape index (κ1) is 21.1. The van der Waals surface area contributed by atoms with Gasteiger partial charge in [0.2, 0.25) is 11.8 Å². The van der Waals surface area contributed by atoms with Gasteiger partial charge in [-0.3, -0.25) is 9.59 Å². The maximum absolute atomic E-state index is 12.4. The molecule has 0 spiro atoms. The van der Waals surface area contributed by atoms with Crippen LogP contribution >= 0.6 is 11.8 Å². The van der Waals surface area contributed by atoms with Crippen molar-refractivity contribution in [1.82, 2.24) is 15.5 Å². The summed E-state index contributed by atoms with van der Waals surface area (Å²) in [5.41, 5.74) is 0.0141. The normalized spacial score (nSPS) is 32.9. The van der Waals surface area contributed by atoms with Crippen molar-refractivity contribution in [3.8, 4) is 0 Å². The summed E-state index contributed by atoms with van der Waals surface area (Å²) in [4.78, 5) is 38.3. The molecule has 6 atom stereocenters. The van der Waals surface area contributed by atoms with Crippen LogP contribution in [0.25, 0.3) is 0 Å². The van der Waals surface area contributed by atoms with Crippen molar-refractivity contribution >= 4 is 29.5 Å². The number of carbonyl (C=O) groups is 3. The molecule has 0 saturated carbocycles. The Balaban J connectivity index is 1.68. The first-order valence-electron chi connectivity index (χ1n) is 9.55. The molecule has 5 N–H and O–H groups in total. The van der Waals surface area contributed by atoms with E-state index in [2.05, 4.69) is 10.6 Å². The number of aliphatic carboxylic acids is 1. The zero-order chi connectivity index (χ0) is 20.6. The molecule has 9 nitrogen and oxygen atoms in total. The summed E-state index contributed by atoms with van der Waals surface area (Å²) in [5, 5.41) is 34.3. The Hall–Kier alpha value is -1.62. The van der Waals surface area contributed by atoms with Crippen LogP contribution in [0.2, 0.25) is 0 Å². The predicted molar refractivity (Wildman–Crippen MR) is 102 cm³/mol. The van der Waals surface area contributed by atoms with Crippen LogP contribution in [-0.4, -0.2) is 81.1 Å². The van der Waals surface area contributed by atoms with E-state index in [1.165, 1.54) is 16.7 Å². The number of amides is 2. The fourth-order valence-electron chi connectivity index (χ4n) is 4.26. The number of nitrogens with zero attached hydrogens (tertiary/aromatic N) is 1. The number of thioether (sulfide) groups is 1. The lowest BCUT2D eigenvalue weighted by Gasteiger charge is -2.46. The largest absolute Gasteiger partial charge is 0.477 e. The Kier molecular flexibility index (Phi) is 6.33. The number of nitrogens with one attached hydrogen (secondary N) is 2. The number of carboxylic acid groups (broad SMARTS) is 1. The predicted octanol–water partition coefficient (Wildman–Crippen LogP) is -0.898. The van der Waals surface area contributed by atoms with Gasteiger partial charge in [0.15, 0.2) is 0 Å². The van der Waals surface area contributed by atoms with E-state index in [-0.39, 0.29) is 47.4 Å².